The van der Waals surface area contributed by atoms with Crippen LogP contribution in [0.25, 0.3) is 0 Å². The van der Waals surface area contributed by atoms with Gasteiger partial charge in [-0.25, -0.2) is 0 Å². The second-order valence-corrected chi connectivity index (χ2v) is 4.70. The van der Waals surface area contributed by atoms with Gasteiger partial charge in [-0.05, 0) is 49.0 Å². The number of hydrogen-bond acceptors (Lipinski definition) is 3. The Morgan fingerprint density at radius 2 is 2.24 bits per heavy atom. The van der Waals surface area contributed by atoms with Crippen LogP contribution in [-0.4, -0.2) is 20.3 Å². The van der Waals surface area contributed by atoms with Crippen molar-refractivity contribution in [2.75, 3.05) is 20.3 Å². The molecule has 0 aromatic carbocycles. The summed E-state index contributed by atoms with van der Waals surface area (Å²) >= 11 is 5.83. The number of ether oxygens (including phenoxy) is 1. The standard InChI is InChI=1S/C13H22ClNO2/c1-4-8-15-13(10(2)7-9-16-3)11-5-6-12(14)17-11/h5-6,10,13,15H,4,7-9H2,1-3H3. The van der Waals surface area contributed by atoms with E-state index in [0.29, 0.717) is 11.1 Å². The van der Waals surface area contributed by atoms with E-state index < -0.39 is 0 Å². The first kappa shape index (κ1) is 14.6. The van der Waals surface area contributed by atoms with Gasteiger partial charge in [0.1, 0.15) is 5.76 Å². The molecule has 1 N–H and O–H groups in total. The lowest BCUT2D eigenvalue weighted by Crippen LogP contribution is -2.28. The minimum absolute atomic E-state index is 0.206. The quantitative estimate of drug-likeness (QED) is 0.774. The summed E-state index contributed by atoms with van der Waals surface area (Å²) in [5.41, 5.74) is 0. The van der Waals surface area contributed by atoms with Gasteiger partial charge in [0.2, 0.25) is 0 Å². The Morgan fingerprint density at radius 3 is 2.76 bits per heavy atom. The van der Waals surface area contributed by atoms with E-state index in [1.165, 1.54) is 0 Å². The van der Waals surface area contributed by atoms with Gasteiger partial charge >= 0.3 is 0 Å². The summed E-state index contributed by atoms with van der Waals surface area (Å²) in [5.74, 6) is 1.36. The molecule has 0 aliphatic rings. The van der Waals surface area contributed by atoms with Crippen molar-refractivity contribution in [2.24, 2.45) is 5.92 Å². The lowest BCUT2D eigenvalue weighted by Gasteiger charge is -2.23. The van der Waals surface area contributed by atoms with Gasteiger partial charge in [-0.3, -0.25) is 0 Å². The Morgan fingerprint density at radius 1 is 1.47 bits per heavy atom. The van der Waals surface area contributed by atoms with E-state index in [1.54, 1.807) is 13.2 Å². The summed E-state index contributed by atoms with van der Waals surface area (Å²) in [7, 11) is 1.73. The lowest BCUT2D eigenvalue weighted by atomic mass is 9.96. The normalized spacial score (nSPS) is 14.8. The van der Waals surface area contributed by atoms with Crippen molar-refractivity contribution in [1.29, 1.82) is 0 Å². The average Bonchev–Trinajstić information content (AvgIpc) is 2.73. The molecular formula is C13H22ClNO2. The van der Waals surface area contributed by atoms with Crippen molar-refractivity contribution >= 4 is 11.6 Å². The molecule has 0 saturated carbocycles. The van der Waals surface area contributed by atoms with Crippen LogP contribution < -0.4 is 5.32 Å². The molecule has 2 atom stereocenters. The third kappa shape index (κ3) is 4.70. The van der Waals surface area contributed by atoms with E-state index in [9.17, 15) is 0 Å². The van der Waals surface area contributed by atoms with Gasteiger partial charge in [0.05, 0.1) is 6.04 Å². The molecule has 0 saturated heterocycles. The van der Waals surface area contributed by atoms with E-state index in [4.69, 9.17) is 20.8 Å². The third-order valence-electron chi connectivity index (χ3n) is 2.86. The zero-order valence-corrected chi connectivity index (χ0v) is 11.6. The van der Waals surface area contributed by atoms with Gasteiger partial charge in [0, 0.05) is 13.7 Å². The van der Waals surface area contributed by atoms with Crippen LogP contribution in [0.4, 0.5) is 0 Å². The van der Waals surface area contributed by atoms with Crippen molar-refractivity contribution < 1.29 is 9.15 Å². The van der Waals surface area contributed by atoms with Gasteiger partial charge in [0.15, 0.2) is 5.22 Å². The molecule has 3 nitrogen and oxygen atoms in total. The molecule has 0 amide bonds. The first-order valence-electron chi connectivity index (χ1n) is 6.16. The zero-order chi connectivity index (χ0) is 12.7. The molecule has 17 heavy (non-hydrogen) atoms. The first-order valence-corrected chi connectivity index (χ1v) is 6.54. The Balaban J connectivity index is 2.65. The van der Waals surface area contributed by atoms with Crippen LogP contribution in [0.2, 0.25) is 5.22 Å². The van der Waals surface area contributed by atoms with Crippen LogP contribution in [0.5, 0.6) is 0 Å². The highest BCUT2D eigenvalue weighted by molar-refractivity contribution is 6.28. The van der Waals surface area contributed by atoms with Gasteiger partial charge in [-0.1, -0.05) is 13.8 Å². The smallest absolute Gasteiger partial charge is 0.193 e. The second kappa shape index (κ2) is 7.75. The first-order chi connectivity index (χ1) is 8.19. The number of rotatable bonds is 8. The maximum atomic E-state index is 5.83. The second-order valence-electron chi connectivity index (χ2n) is 4.33. The number of methoxy groups -OCH3 is 1. The maximum absolute atomic E-state index is 5.83. The molecule has 0 bridgehead atoms. The summed E-state index contributed by atoms with van der Waals surface area (Å²) in [5, 5.41) is 3.95. The zero-order valence-electron chi connectivity index (χ0n) is 10.8. The molecule has 1 aromatic heterocycles. The van der Waals surface area contributed by atoms with Crippen LogP contribution in [-0.2, 0) is 4.74 Å². The molecule has 98 valence electrons. The largest absolute Gasteiger partial charge is 0.448 e. The molecular weight excluding hydrogens is 238 g/mol. The van der Waals surface area contributed by atoms with Crippen LogP contribution in [0, 0.1) is 5.92 Å². The molecule has 1 aromatic rings. The Hall–Kier alpha value is -0.510. The molecule has 1 heterocycles. The molecule has 0 spiro atoms. The molecule has 1 rings (SSSR count). The van der Waals surface area contributed by atoms with Gasteiger partial charge < -0.3 is 14.5 Å². The van der Waals surface area contributed by atoms with E-state index in [-0.39, 0.29) is 6.04 Å². The van der Waals surface area contributed by atoms with Crippen molar-refractivity contribution in [3.63, 3.8) is 0 Å². The van der Waals surface area contributed by atoms with Crippen LogP contribution in [0.3, 0.4) is 0 Å². The highest BCUT2D eigenvalue weighted by Gasteiger charge is 2.21. The molecule has 0 aliphatic heterocycles. The summed E-state index contributed by atoms with van der Waals surface area (Å²) in [6.07, 6.45) is 2.10. The lowest BCUT2D eigenvalue weighted by molar-refractivity contribution is 0.166. The molecule has 4 heteroatoms. The van der Waals surface area contributed by atoms with E-state index in [1.807, 2.05) is 6.07 Å². The average molecular weight is 260 g/mol. The monoisotopic (exact) mass is 259 g/mol. The topological polar surface area (TPSA) is 34.4 Å². The Labute approximate surface area is 108 Å². The fourth-order valence-electron chi connectivity index (χ4n) is 1.85. The molecule has 0 aliphatic carbocycles. The Kier molecular flexibility index (Phi) is 6.63. The summed E-state index contributed by atoms with van der Waals surface area (Å²) in [4.78, 5) is 0. The summed E-state index contributed by atoms with van der Waals surface area (Å²) in [6, 6.07) is 3.94. The van der Waals surface area contributed by atoms with E-state index in [2.05, 4.69) is 19.2 Å². The number of halogens is 1. The van der Waals surface area contributed by atoms with Crippen molar-refractivity contribution in [2.45, 2.75) is 32.7 Å². The highest BCUT2D eigenvalue weighted by atomic mass is 35.5. The number of hydrogen-bond donors (Lipinski definition) is 1. The van der Waals surface area contributed by atoms with Crippen LogP contribution in [0.15, 0.2) is 16.5 Å². The highest BCUT2D eigenvalue weighted by Crippen LogP contribution is 2.27. The van der Waals surface area contributed by atoms with Gasteiger partial charge in [0.25, 0.3) is 0 Å². The summed E-state index contributed by atoms with van der Waals surface area (Å²) in [6.45, 7) is 6.09. The minimum atomic E-state index is 0.206. The van der Waals surface area contributed by atoms with Gasteiger partial charge in [-0.2, -0.15) is 0 Å². The molecule has 0 radical (unpaired) electrons. The Bertz CT molecular complexity index is 314. The fraction of sp³-hybridized carbons (Fsp3) is 0.692. The van der Waals surface area contributed by atoms with Gasteiger partial charge in [-0.15, -0.1) is 0 Å². The maximum Gasteiger partial charge on any atom is 0.193 e. The third-order valence-corrected chi connectivity index (χ3v) is 3.06. The van der Waals surface area contributed by atoms with Crippen LogP contribution >= 0.6 is 11.6 Å². The minimum Gasteiger partial charge on any atom is -0.448 e. The van der Waals surface area contributed by atoms with E-state index in [0.717, 1.165) is 31.8 Å². The predicted molar refractivity (Wildman–Crippen MR) is 70.4 cm³/mol. The molecule has 0 fully saturated rings. The predicted octanol–water partition coefficient (Wildman–Crippen LogP) is 3.65. The van der Waals surface area contributed by atoms with Crippen LogP contribution in [0.1, 0.15) is 38.5 Å². The van der Waals surface area contributed by atoms with E-state index >= 15 is 0 Å². The summed E-state index contributed by atoms with van der Waals surface area (Å²) < 4.78 is 10.6. The van der Waals surface area contributed by atoms with Crippen molar-refractivity contribution in [3.8, 4) is 0 Å². The van der Waals surface area contributed by atoms with Crippen molar-refractivity contribution in [1.82, 2.24) is 5.32 Å². The fourth-order valence-corrected chi connectivity index (χ4v) is 2.00. The SMILES string of the molecule is CCCNC(c1ccc(Cl)o1)C(C)CCOC. The van der Waals surface area contributed by atoms with Crippen molar-refractivity contribution in [3.05, 3.63) is 23.1 Å². The number of furan rings is 1. The molecule has 2 unspecified atom stereocenters. The number of nitrogens with one attached hydrogen (secondary N) is 1.